The predicted molar refractivity (Wildman–Crippen MR) is 132 cm³/mol. The normalized spacial score (nSPS) is 24.5. The quantitative estimate of drug-likeness (QED) is 0.482. The van der Waals surface area contributed by atoms with Crippen LogP contribution in [0.5, 0.6) is 5.75 Å². The number of nitrogens with zero attached hydrogens (tertiary/aromatic N) is 1. The minimum absolute atomic E-state index is 0.00801. The van der Waals surface area contributed by atoms with E-state index in [1.165, 1.54) is 18.2 Å². The largest absolute Gasteiger partial charge is 0.573 e. The number of aliphatic hydroxyl groups is 1. The molecule has 2 atom stereocenters. The summed E-state index contributed by atoms with van der Waals surface area (Å²) in [5, 5.41) is 11.6. The number of para-hydroxylation sites is 1. The number of rotatable bonds is 4. The summed E-state index contributed by atoms with van der Waals surface area (Å²) in [5.74, 6) is -0.549. The molecule has 3 aromatic carbocycles. The number of ether oxygens (including phenoxy) is 3. The first kappa shape index (κ1) is 24.8. The molecule has 2 saturated heterocycles. The number of carbonyl (C=O) groups excluding carboxylic acids is 1. The van der Waals surface area contributed by atoms with E-state index in [-0.39, 0.29) is 44.1 Å². The van der Waals surface area contributed by atoms with Crippen molar-refractivity contribution in [2.45, 2.75) is 42.8 Å². The van der Waals surface area contributed by atoms with Crippen LogP contribution in [-0.4, -0.2) is 54.4 Å². The standard InChI is InChI=1S/C29H26F3NO5/c30-29(31,32)38-26-12-6-5-11-25(26)28(35)13-18-15-36-16-19(14-28)33(18)27(34)37-17-24-22-9-3-1-7-20(22)21-8-2-4-10-23(21)24/h1-12,18-19,24,35H,13-17H2. The smallest absolute Gasteiger partial charge is 0.448 e. The van der Waals surface area contributed by atoms with Crippen LogP contribution in [0.2, 0.25) is 0 Å². The number of piperidine rings is 1. The van der Waals surface area contributed by atoms with E-state index in [1.54, 1.807) is 11.0 Å². The number of amides is 1. The van der Waals surface area contributed by atoms with Gasteiger partial charge in [-0.05, 0) is 28.3 Å². The highest BCUT2D eigenvalue weighted by atomic mass is 19.4. The molecule has 198 valence electrons. The highest BCUT2D eigenvalue weighted by molar-refractivity contribution is 5.79. The Labute approximate surface area is 217 Å². The third-order valence-corrected chi connectivity index (χ3v) is 7.71. The number of hydrogen-bond acceptors (Lipinski definition) is 5. The summed E-state index contributed by atoms with van der Waals surface area (Å²) in [5.41, 5.74) is 2.86. The van der Waals surface area contributed by atoms with E-state index in [4.69, 9.17) is 9.47 Å². The van der Waals surface area contributed by atoms with Crippen LogP contribution in [0.15, 0.2) is 72.8 Å². The second-order valence-electron chi connectivity index (χ2n) is 10.0. The summed E-state index contributed by atoms with van der Waals surface area (Å²) in [4.78, 5) is 15.0. The van der Waals surface area contributed by atoms with Crippen molar-refractivity contribution in [1.29, 1.82) is 0 Å². The Morgan fingerprint density at radius 1 is 0.921 bits per heavy atom. The Balaban J connectivity index is 1.21. The van der Waals surface area contributed by atoms with E-state index in [9.17, 15) is 23.1 Å². The summed E-state index contributed by atoms with van der Waals surface area (Å²) in [6, 6.07) is 20.6. The second-order valence-corrected chi connectivity index (χ2v) is 10.0. The van der Waals surface area contributed by atoms with Gasteiger partial charge in [-0.15, -0.1) is 13.2 Å². The molecule has 3 aromatic rings. The number of fused-ring (bicyclic) bond motifs is 5. The molecule has 3 aliphatic rings. The van der Waals surface area contributed by atoms with Gasteiger partial charge in [0.15, 0.2) is 0 Å². The zero-order chi connectivity index (χ0) is 26.5. The van der Waals surface area contributed by atoms with E-state index < -0.39 is 35.9 Å². The van der Waals surface area contributed by atoms with Gasteiger partial charge in [0, 0.05) is 24.3 Å². The van der Waals surface area contributed by atoms with Crippen LogP contribution in [-0.2, 0) is 15.1 Å². The average molecular weight is 526 g/mol. The maximum atomic E-state index is 13.4. The van der Waals surface area contributed by atoms with Gasteiger partial charge >= 0.3 is 12.5 Å². The molecule has 6 rings (SSSR count). The van der Waals surface area contributed by atoms with Crippen LogP contribution in [0, 0.1) is 0 Å². The van der Waals surface area contributed by atoms with Crippen LogP contribution < -0.4 is 4.74 Å². The SMILES string of the molecule is O=C(OCC1c2ccccc2-c2ccccc21)N1C2COCC1CC(O)(c1ccccc1OC(F)(F)F)C2. The molecule has 0 saturated carbocycles. The number of carbonyl (C=O) groups is 1. The van der Waals surface area contributed by atoms with Gasteiger partial charge < -0.3 is 19.3 Å². The summed E-state index contributed by atoms with van der Waals surface area (Å²) in [6.07, 6.45) is -5.43. The monoisotopic (exact) mass is 525 g/mol. The van der Waals surface area contributed by atoms with Gasteiger partial charge in [-0.1, -0.05) is 66.7 Å². The van der Waals surface area contributed by atoms with Crippen LogP contribution in [0.1, 0.15) is 35.4 Å². The van der Waals surface area contributed by atoms with Gasteiger partial charge in [0.2, 0.25) is 0 Å². The topological polar surface area (TPSA) is 68.2 Å². The minimum atomic E-state index is -4.90. The Bertz CT molecular complexity index is 1300. The molecule has 38 heavy (non-hydrogen) atoms. The van der Waals surface area contributed by atoms with Crippen molar-refractivity contribution in [2.75, 3.05) is 19.8 Å². The van der Waals surface area contributed by atoms with Gasteiger partial charge in [0.1, 0.15) is 12.4 Å². The molecule has 2 fully saturated rings. The van der Waals surface area contributed by atoms with Crippen molar-refractivity contribution in [3.63, 3.8) is 0 Å². The van der Waals surface area contributed by atoms with Crippen molar-refractivity contribution in [2.24, 2.45) is 0 Å². The number of morpholine rings is 1. The third kappa shape index (κ3) is 4.39. The summed E-state index contributed by atoms with van der Waals surface area (Å²) in [6.45, 7) is 0.437. The first-order chi connectivity index (χ1) is 18.2. The summed E-state index contributed by atoms with van der Waals surface area (Å²) < 4.78 is 54.8. The van der Waals surface area contributed by atoms with Crippen LogP contribution >= 0.6 is 0 Å². The lowest BCUT2D eigenvalue weighted by Crippen LogP contribution is -2.62. The van der Waals surface area contributed by atoms with Crippen molar-refractivity contribution in [3.8, 4) is 16.9 Å². The second kappa shape index (κ2) is 9.32. The maximum absolute atomic E-state index is 13.4. The molecule has 1 amide bonds. The van der Waals surface area contributed by atoms with Gasteiger partial charge in [0.05, 0.1) is 30.9 Å². The first-order valence-electron chi connectivity index (χ1n) is 12.5. The molecule has 1 N–H and O–H groups in total. The lowest BCUT2D eigenvalue weighted by atomic mass is 9.76. The lowest BCUT2D eigenvalue weighted by molar-refractivity contribution is -0.275. The van der Waals surface area contributed by atoms with Gasteiger partial charge in [-0.3, -0.25) is 4.90 Å². The molecule has 0 spiro atoms. The van der Waals surface area contributed by atoms with Crippen LogP contribution in [0.25, 0.3) is 11.1 Å². The molecule has 2 aliphatic heterocycles. The van der Waals surface area contributed by atoms with Crippen molar-refractivity contribution in [3.05, 3.63) is 89.5 Å². The maximum Gasteiger partial charge on any atom is 0.573 e. The Kier molecular flexibility index (Phi) is 6.07. The fourth-order valence-corrected chi connectivity index (χ4v) is 6.23. The van der Waals surface area contributed by atoms with Gasteiger partial charge in [0.25, 0.3) is 0 Å². The molecule has 0 aromatic heterocycles. The van der Waals surface area contributed by atoms with E-state index in [1.807, 2.05) is 36.4 Å². The first-order valence-corrected chi connectivity index (χ1v) is 12.5. The number of benzene rings is 3. The van der Waals surface area contributed by atoms with E-state index in [2.05, 4.69) is 16.9 Å². The van der Waals surface area contributed by atoms with Crippen molar-refractivity contribution >= 4 is 6.09 Å². The van der Waals surface area contributed by atoms with E-state index in [0.29, 0.717) is 0 Å². The zero-order valence-corrected chi connectivity index (χ0v) is 20.4. The number of hydrogen-bond donors (Lipinski definition) is 1. The molecule has 2 bridgehead atoms. The number of alkyl halides is 3. The minimum Gasteiger partial charge on any atom is -0.448 e. The van der Waals surface area contributed by atoms with Gasteiger partial charge in [-0.2, -0.15) is 0 Å². The Morgan fingerprint density at radius 2 is 1.47 bits per heavy atom. The Morgan fingerprint density at radius 3 is 2.08 bits per heavy atom. The van der Waals surface area contributed by atoms with Crippen molar-refractivity contribution in [1.82, 2.24) is 4.90 Å². The molecular formula is C29H26F3NO5. The number of halogens is 3. The fraction of sp³-hybridized carbons (Fsp3) is 0.345. The molecule has 2 unspecified atom stereocenters. The highest BCUT2D eigenvalue weighted by Gasteiger charge is 2.51. The summed E-state index contributed by atoms with van der Waals surface area (Å²) in [7, 11) is 0. The molecule has 1 aliphatic carbocycles. The predicted octanol–water partition coefficient (Wildman–Crippen LogP) is 5.59. The highest BCUT2D eigenvalue weighted by Crippen LogP contribution is 2.47. The van der Waals surface area contributed by atoms with E-state index in [0.717, 1.165) is 22.3 Å². The Hall–Kier alpha value is -3.56. The fourth-order valence-electron chi connectivity index (χ4n) is 6.23. The van der Waals surface area contributed by atoms with Gasteiger partial charge in [-0.25, -0.2) is 4.79 Å². The molecule has 6 nitrogen and oxygen atoms in total. The molecular weight excluding hydrogens is 499 g/mol. The zero-order valence-electron chi connectivity index (χ0n) is 20.4. The molecule has 0 radical (unpaired) electrons. The third-order valence-electron chi connectivity index (χ3n) is 7.71. The van der Waals surface area contributed by atoms with Crippen molar-refractivity contribution < 1.29 is 37.3 Å². The molecule has 2 heterocycles. The molecule has 9 heteroatoms. The summed E-state index contributed by atoms with van der Waals surface area (Å²) >= 11 is 0. The van der Waals surface area contributed by atoms with Crippen LogP contribution in [0.3, 0.4) is 0 Å². The lowest BCUT2D eigenvalue weighted by Gasteiger charge is -2.51. The average Bonchev–Trinajstić information content (AvgIpc) is 3.20. The van der Waals surface area contributed by atoms with Crippen LogP contribution in [0.4, 0.5) is 18.0 Å². The van der Waals surface area contributed by atoms with E-state index >= 15 is 0 Å².